The van der Waals surface area contributed by atoms with Gasteiger partial charge in [0.05, 0.1) is 5.75 Å². The summed E-state index contributed by atoms with van der Waals surface area (Å²) in [6, 6.07) is 13.4. The molecule has 84 valence electrons. The number of hydrogen-bond donors (Lipinski definition) is 2. The Bertz CT molecular complexity index is 452. The fraction of sp³-hybridized carbons (Fsp3) is 0. The molecule has 0 radical (unpaired) electrons. The van der Waals surface area contributed by atoms with Gasteiger partial charge in [-0.2, -0.15) is 0 Å². The van der Waals surface area contributed by atoms with E-state index < -0.39 is 0 Å². The van der Waals surface area contributed by atoms with Crippen molar-refractivity contribution < 1.29 is 39.8 Å². The Hall–Kier alpha value is -0.450. The Labute approximate surface area is 133 Å². The average molecular weight is 277 g/mol. The summed E-state index contributed by atoms with van der Waals surface area (Å²) in [7, 11) is 0. The van der Waals surface area contributed by atoms with Gasteiger partial charge < -0.3 is 22.8 Å². The Morgan fingerprint density at radius 1 is 0.941 bits per heavy atom. The van der Waals surface area contributed by atoms with Crippen LogP contribution in [-0.4, -0.2) is 10.2 Å². The van der Waals surface area contributed by atoms with Crippen LogP contribution in [0.2, 0.25) is 5.02 Å². The van der Waals surface area contributed by atoms with Gasteiger partial charge in [0, 0.05) is 5.02 Å². The summed E-state index contributed by atoms with van der Waals surface area (Å²) in [5, 5.41) is 18.0. The Morgan fingerprint density at radius 3 is 1.88 bits per heavy atom. The molecule has 2 aromatic rings. The summed E-state index contributed by atoms with van der Waals surface area (Å²) in [6.45, 7) is 0. The smallest absolute Gasteiger partial charge is 0.776 e. The van der Waals surface area contributed by atoms with Crippen molar-refractivity contribution in [1.29, 1.82) is 0 Å². The van der Waals surface area contributed by atoms with Crippen LogP contribution in [0.4, 0.5) is 0 Å². The van der Waals surface area contributed by atoms with Crippen molar-refractivity contribution in [2.24, 2.45) is 0 Å². The van der Waals surface area contributed by atoms with E-state index in [9.17, 15) is 0 Å². The maximum atomic E-state index is 8.91. The zero-order chi connectivity index (χ0) is 12.0. The molecule has 0 aromatic heterocycles. The van der Waals surface area contributed by atoms with Crippen LogP contribution in [0, 0.1) is 0 Å². The molecule has 0 aliphatic carbocycles. The fourth-order valence-electron chi connectivity index (χ4n) is 0.919. The van der Waals surface area contributed by atoms with E-state index in [4.69, 9.17) is 34.4 Å². The van der Waals surface area contributed by atoms with E-state index in [-0.39, 0.29) is 35.3 Å². The topological polar surface area (TPSA) is 40.5 Å². The zero-order valence-corrected chi connectivity index (χ0v) is 12.9. The molecule has 0 amide bonds. The number of phenols is 2. The molecule has 0 saturated carbocycles. The van der Waals surface area contributed by atoms with Gasteiger partial charge in [0.15, 0.2) is 0 Å². The number of hydrogen-bond acceptors (Lipinski definition) is 3. The van der Waals surface area contributed by atoms with Crippen LogP contribution in [0.5, 0.6) is 11.5 Å². The summed E-state index contributed by atoms with van der Waals surface area (Å²) < 4.78 is 0. The van der Waals surface area contributed by atoms with Crippen molar-refractivity contribution in [2.75, 3.05) is 0 Å². The van der Waals surface area contributed by atoms with Gasteiger partial charge in [-0.1, -0.05) is 35.9 Å². The Balaban J connectivity index is 0.000000292. The molecule has 0 heterocycles. The molecule has 17 heavy (non-hydrogen) atoms. The van der Waals surface area contributed by atoms with Crippen molar-refractivity contribution in [1.82, 2.24) is 0 Å². The van der Waals surface area contributed by atoms with Crippen LogP contribution in [-0.2, 0) is 12.6 Å². The van der Waals surface area contributed by atoms with Crippen molar-refractivity contribution in [3.63, 3.8) is 0 Å². The maximum absolute atomic E-state index is 8.91. The molecule has 0 atom stereocenters. The molecule has 2 nitrogen and oxygen atoms in total. The predicted molar refractivity (Wildman–Crippen MR) is 66.9 cm³/mol. The maximum Gasteiger partial charge on any atom is 1.00 e. The van der Waals surface area contributed by atoms with E-state index in [2.05, 4.69) is 0 Å². The van der Waals surface area contributed by atoms with Gasteiger partial charge in [0.25, 0.3) is 0 Å². The Morgan fingerprint density at radius 2 is 1.53 bits per heavy atom. The molecule has 0 fully saturated rings. The zero-order valence-electron chi connectivity index (χ0n) is 9.30. The number of rotatable bonds is 0. The van der Waals surface area contributed by atoms with Crippen LogP contribution in [0.25, 0.3) is 0 Å². The van der Waals surface area contributed by atoms with Crippen molar-refractivity contribution >= 4 is 24.2 Å². The fourth-order valence-corrected chi connectivity index (χ4v) is 1.21. The van der Waals surface area contributed by atoms with Crippen molar-refractivity contribution in [3.8, 4) is 11.5 Å². The Kier molecular flexibility index (Phi) is 8.39. The molecule has 5 heteroatoms. The molecular weight excluding hydrogens is 267 g/mol. The number of phenolic OH excluding ortho intramolecular Hbond substituents is 2. The summed E-state index contributed by atoms with van der Waals surface area (Å²) in [5.74, 6) is 0.389. The van der Waals surface area contributed by atoms with Crippen LogP contribution >= 0.6 is 11.6 Å². The molecule has 0 unspecified atom stereocenters. The SMILES string of the molecule is Oc1cc(Cl)ccc1[S-].Oc1ccccc1.[Na+]. The first kappa shape index (κ1) is 16.6. The monoisotopic (exact) mass is 276 g/mol. The standard InChI is InChI=1S/C6H5ClOS.C6H6O.Na/c7-4-1-2-6(9)5(8)3-4;7-6-4-2-1-3-5-6;/h1-3,8-9H;1-5,7H;/q;;+1/p-1. The van der Waals surface area contributed by atoms with Gasteiger partial charge in [0.2, 0.25) is 0 Å². The molecule has 2 aromatic carbocycles. The van der Waals surface area contributed by atoms with Gasteiger partial charge in [-0.05, 0) is 24.3 Å². The van der Waals surface area contributed by atoms with E-state index in [1.54, 1.807) is 36.4 Å². The second-order valence-electron chi connectivity index (χ2n) is 2.95. The van der Waals surface area contributed by atoms with Crippen molar-refractivity contribution in [2.45, 2.75) is 4.90 Å². The number of benzene rings is 2. The van der Waals surface area contributed by atoms with Gasteiger partial charge in [-0.15, -0.1) is 4.90 Å². The first-order valence-corrected chi connectivity index (χ1v) is 5.28. The molecule has 0 saturated heterocycles. The van der Waals surface area contributed by atoms with Gasteiger partial charge >= 0.3 is 29.6 Å². The first-order chi connectivity index (χ1) is 7.59. The van der Waals surface area contributed by atoms with E-state index in [0.29, 0.717) is 15.7 Å². The van der Waals surface area contributed by atoms with Crippen LogP contribution in [0.3, 0.4) is 0 Å². The molecule has 0 bridgehead atoms. The minimum absolute atomic E-state index is 0. The number of halogens is 1. The number of para-hydroxylation sites is 1. The van der Waals surface area contributed by atoms with E-state index in [1.165, 1.54) is 6.07 Å². The van der Waals surface area contributed by atoms with Gasteiger partial charge in [-0.25, -0.2) is 0 Å². The van der Waals surface area contributed by atoms with Crippen molar-refractivity contribution in [3.05, 3.63) is 53.6 Å². The summed E-state index contributed by atoms with van der Waals surface area (Å²) >= 11 is 10.2. The first-order valence-electron chi connectivity index (χ1n) is 4.49. The normalized spacial score (nSPS) is 8.53. The van der Waals surface area contributed by atoms with Crippen LogP contribution in [0.1, 0.15) is 0 Å². The third kappa shape index (κ3) is 6.76. The average Bonchev–Trinajstić information content (AvgIpc) is 2.26. The summed E-state index contributed by atoms with van der Waals surface area (Å²) in [5.41, 5.74) is 0. The summed E-state index contributed by atoms with van der Waals surface area (Å²) in [4.78, 5) is 0.430. The van der Waals surface area contributed by atoms with E-state index in [1.807, 2.05) is 6.07 Å². The molecule has 0 spiro atoms. The molecule has 2 rings (SSSR count). The third-order valence-electron chi connectivity index (χ3n) is 1.68. The molecular formula is C12H10ClNaO2S. The minimum Gasteiger partial charge on any atom is -0.776 e. The predicted octanol–water partition coefficient (Wildman–Crippen LogP) is 0.348. The second kappa shape index (κ2) is 8.61. The second-order valence-corrected chi connectivity index (χ2v) is 3.82. The third-order valence-corrected chi connectivity index (χ3v) is 2.26. The van der Waals surface area contributed by atoms with Gasteiger partial charge in [-0.3, -0.25) is 0 Å². The quantitative estimate of drug-likeness (QED) is 0.539. The molecule has 0 aliphatic rings. The van der Waals surface area contributed by atoms with E-state index in [0.717, 1.165) is 0 Å². The summed E-state index contributed by atoms with van der Waals surface area (Å²) in [6.07, 6.45) is 0. The largest absolute Gasteiger partial charge is 1.00 e. The van der Waals surface area contributed by atoms with E-state index >= 15 is 0 Å². The van der Waals surface area contributed by atoms with Crippen LogP contribution < -0.4 is 29.6 Å². The van der Waals surface area contributed by atoms with Crippen LogP contribution in [0.15, 0.2) is 53.4 Å². The van der Waals surface area contributed by atoms with Gasteiger partial charge in [0.1, 0.15) is 5.75 Å². The number of aromatic hydroxyl groups is 2. The molecule has 0 aliphatic heterocycles. The minimum atomic E-state index is 0. The molecule has 2 N–H and O–H groups in total.